The van der Waals surface area contributed by atoms with Crippen LogP contribution in [0.5, 0.6) is 5.75 Å². The number of hydrogen-bond donors (Lipinski definition) is 2. The number of aromatic nitrogens is 2. The zero-order valence-corrected chi connectivity index (χ0v) is 27.4. The second-order valence-corrected chi connectivity index (χ2v) is 8.96. The number of benzene rings is 1. The molecule has 0 saturated heterocycles. The van der Waals surface area contributed by atoms with Gasteiger partial charge in [-0.3, -0.25) is 4.79 Å². The van der Waals surface area contributed by atoms with Crippen LogP contribution in [0.1, 0.15) is 97.2 Å². The summed E-state index contributed by atoms with van der Waals surface area (Å²) in [5.74, 6) is -0.249. The van der Waals surface area contributed by atoms with Crippen LogP contribution in [0.25, 0.3) is 0 Å². The molecule has 2 heterocycles. The maximum atomic E-state index is 13.4. The van der Waals surface area contributed by atoms with Crippen molar-refractivity contribution >= 4 is 17.6 Å². The summed E-state index contributed by atoms with van der Waals surface area (Å²) in [7, 11) is 0. The SMILES string of the molecule is C=C(C)N1c2ccc(C(F)(F)F)cc2C(Nc2ncc(OCCCC(=O)O)cn2)C[C@H]1CC.CC.CCCC.[Y]. The second kappa shape index (κ2) is 19.0. The van der Waals surface area contributed by atoms with Crippen LogP contribution in [-0.4, -0.2) is 33.7 Å². The Balaban J connectivity index is 0.00000199. The van der Waals surface area contributed by atoms with Gasteiger partial charge in [0.1, 0.15) is 0 Å². The minimum atomic E-state index is -4.45. The first kappa shape index (κ1) is 37.8. The van der Waals surface area contributed by atoms with Crippen LogP contribution in [-0.2, 0) is 43.7 Å². The average Bonchev–Trinajstić information content (AvgIpc) is 2.91. The molecule has 1 aliphatic rings. The molecule has 1 aliphatic heterocycles. The van der Waals surface area contributed by atoms with E-state index in [1.54, 1.807) is 0 Å². The van der Waals surface area contributed by atoms with E-state index in [0.29, 0.717) is 29.8 Å². The number of alkyl halides is 3. The molecule has 0 bridgehead atoms. The maximum absolute atomic E-state index is 13.4. The zero-order chi connectivity index (χ0) is 29.6. The van der Waals surface area contributed by atoms with Crippen molar-refractivity contribution in [3.63, 3.8) is 0 Å². The Morgan fingerprint density at radius 2 is 1.77 bits per heavy atom. The molecule has 0 aliphatic carbocycles. The third-order valence-corrected chi connectivity index (χ3v) is 5.98. The molecule has 0 spiro atoms. The molecule has 7 nitrogen and oxygen atoms in total. The van der Waals surface area contributed by atoms with Gasteiger partial charge in [0, 0.05) is 56.6 Å². The summed E-state index contributed by atoms with van der Waals surface area (Å²) in [6.45, 7) is 16.5. The normalized spacial score (nSPS) is 15.7. The van der Waals surface area contributed by atoms with Crippen molar-refractivity contribution in [2.24, 2.45) is 0 Å². The van der Waals surface area contributed by atoms with E-state index in [2.05, 4.69) is 35.7 Å². The van der Waals surface area contributed by atoms with Crippen LogP contribution < -0.4 is 15.0 Å². The summed E-state index contributed by atoms with van der Waals surface area (Å²) in [6, 6.07) is 3.40. The predicted molar refractivity (Wildman–Crippen MR) is 150 cm³/mol. The first-order valence-corrected chi connectivity index (χ1v) is 13.6. The van der Waals surface area contributed by atoms with E-state index in [0.717, 1.165) is 18.2 Å². The minimum absolute atomic E-state index is 0. The van der Waals surface area contributed by atoms with Crippen molar-refractivity contribution in [3.05, 3.63) is 54.0 Å². The van der Waals surface area contributed by atoms with Crippen LogP contribution in [0.3, 0.4) is 0 Å². The van der Waals surface area contributed by atoms with E-state index < -0.39 is 23.8 Å². The van der Waals surface area contributed by atoms with Crippen LogP contribution in [0.15, 0.2) is 42.9 Å². The van der Waals surface area contributed by atoms with E-state index in [1.807, 2.05) is 32.6 Å². The molecule has 40 heavy (non-hydrogen) atoms. The molecular weight excluding hydrogens is 598 g/mol. The average molecular weight is 642 g/mol. The number of unbranched alkanes of at least 4 members (excludes halogenated alkanes) is 1. The molecule has 3 rings (SSSR count). The molecule has 1 aromatic carbocycles. The van der Waals surface area contributed by atoms with Gasteiger partial charge < -0.3 is 20.1 Å². The molecule has 1 radical (unpaired) electrons. The molecule has 1 aromatic heterocycles. The number of anilines is 2. The fourth-order valence-electron chi connectivity index (χ4n) is 3.97. The third-order valence-electron chi connectivity index (χ3n) is 5.98. The van der Waals surface area contributed by atoms with Crippen LogP contribution in [0.4, 0.5) is 24.8 Å². The number of carbonyl (C=O) groups is 1. The topological polar surface area (TPSA) is 87.6 Å². The number of nitrogens with one attached hydrogen (secondary N) is 1. The number of hydrogen-bond acceptors (Lipinski definition) is 6. The van der Waals surface area contributed by atoms with Crippen LogP contribution in [0, 0.1) is 0 Å². The van der Waals surface area contributed by atoms with Gasteiger partial charge in [-0.05, 0) is 49.9 Å². The Morgan fingerprint density at radius 3 is 2.25 bits per heavy atom. The summed E-state index contributed by atoms with van der Waals surface area (Å²) in [6.07, 6.45) is 2.77. The van der Waals surface area contributed by atoms with Crippen molar-refractivity contribution in [2.45, 2.75) is 98.3 Å². The number of carboxylic acid groups (broad SMARTS) is 1. The van der Waals surface area contributed by atoms with Gasteiger partial charge in [0.15, 0.2) is 5.75 Å². The van der Waals surface area contributed by atoms with Gasteiger partial charge in [-0.1, -0.05) is 54.0 Å². The number of halogens is 3. The summed E-state index contributed by atoms with van der Waals surface area (Å²) in [5.41, 5.74) is 1.25. The van der Waals surface area contributed by atoms with Gasteiger partial charge in [-0.25, -0.2) is 9.97 Å². The van der Waals surface area contributed by atoms with Gasteiger partial charge in [-0.15, -0.1) is 0 Å². The molecule has 1 unspecified atom stereocenters. The molecular formula is C29H43F3N4O3Y. The molecule has 2 N–H and O–H groups in total. The Kier molecular flexibility index (Phi) is 18.0. The Bertz CT molecular complexity index is 1030. The predicted octanol–water partition coefficient (Wildman–Crippen LogP) is 8.24. The van der Waals surface area contributed by atoms with Gasteiger partial charge in [-0.2, -0.15) is 13.2 Å². The van der Waals surface area contributed by atoms with Crippen molar-refractivity contribution in [1.82, 2.24) is 9.97 Å². The Morgan fingerprint density at radius 1 is 1.18 bits per heavy atom. The maximum Gasteiger partial charge on any atom is 0.416 e. The van der Waals surface area contributed by atoms with Crippen molar-refractivity contribution < 1.29 is 60.5 Å². The molecule has 0 saturated carbocycles. The van der Waals surface area contributed by atoms with Crippen LogP contribution >= 0.6 is 0 Å². The number of aliphatic carboxylic acids is 1. The number of nitrogens with zero attached hydrogens (tertiary/aromatic N) is 3. The van der Waals surface area contributed by atoms with Gasteiger partial charge in [0.25, 0.3) is 0 Å². The molecule has 0 amide bonds. The van der Waals surface area contributed by atoms with E-state index in [-0.39, 0.29) is 57.7 Å². The molecule has 221 valence electrons. The first-order valence-electron chi connectivity index (χ1n) is 13.6. The Hall–Kier alpha value is -2.20. The summed E-state index contributed by atoms with van der Waals surface area (Å²) in [5, 5.41) is 11.8. The monoisotopic (exact) mass is 641 g/mol. The zero-order valence-electron chi connectivity index (χ0n) is 24.5. The number of allylic oxidation sites excluding steroid dienone is 1. The van der Waals surface area contributed by atoms with E-state index in [4.69, 9.17) is 9.84 Å². The van der Waals surface area contributed by atoms with E-state index >= 15 is 0 Å². The fourth-order valence-corrected chi connectivity index (χ4v) is 3.97. The van der Waals surface area contributed by atoms with E-state index in [9.17, 15) is 18.0 Å². The van der Waals surface area contributed by atoms with Crippen molar-refractivity contribution in [2.75, 3.05) is 16.8 Å². The first-order chi connectivity index (χ1) is 18.5. The number of ether oxygens (including phenoxy) is 1. The van der Waals surface area contributed by atoms with Crippen molar-refractivity contribution in [3.8, 4) is 5.75 Å². The van der Waals surface area contributed by atoms with Crippen molar-refractivity contribution in [1.29, 1.82) is 0 Å². The summed E-state index contributed by atoms with van der Waals surface area (Å²) < 4.78 is 45.6. The quantitative estimate of drug-likeness (QED) is 0.253. The van der Waals surface area contributed by atoms with E-state index in [1.165, 1.54) is 37.4 Å². The molecule has 0 fully saturated rings. The largest absolute Gasteiger partial charge is 0.490 e. The Labute approximate surface area is 261 Å². The molecule has 2 atom stereocenters. The summed E-state index contributed by atoms with van der Waals surface area (Å²) >= 11 is 0. The van der Waals surface area contributed by atoms with Gasteiger partial charge in [0.05, 0.1) is 30.6 Å². The molecule has 2 aromatic rings. The molecule has 11 heteroatoms. The smallest absolute Gasteiger partial charge is 0.416 e. The fraction of sp³-hybridized carbons (Fsp3) is 0.552. The minimum Gasteiger partial charge on any atom is -0.490 e. The third kappa shape index (κ3) is 11.7. The number of rotatable bonds is 10. The van der Waals surface area contributed by atoms with Gasteiger partial charge in [0.2, 0.25) is 5.95 Å². The standard InChI is InChI=1S/C23H27F3N4O3.C4H10.C2H6.Y/c1-4-16-11-19(29-22-27-12-17(13-28-22)33-9-5-6-21(31)32)18-10-15(23(24,25)26)7-8-20(18)30(16)14(2)3;1-3-4-2;1-2;/h7-8,10,12-13,16,19H,2,4-6,9,11H2,1,3H3,(H,31,32)(H,27,28,29);3-4H2,1-2H3;1-2H3;/t16-,19?;;;/m1.../s1. The van der Waals surface area contributed by atoms with Crippen LogP contribution in [0.2, 0.25) is 0 Å². The summed E-state index contributed by atoms with van der Waals surface area (Å²) in [4.78, 5) is 21.0. The van der Waals surface area contributed by atoms with Gasteiger partial charge >= 0.3 is 12.1 Å². The number of fused-ring (bicyclic) bond motifs is 1. The number of carboxylic acids is 1. The second-order valence-electron chi connectivity index (χ2n) is 8.96.